The highest BCUT2D eigenvalue weighted by molar-refractivity contribution is 5.37. The summed E-state index contributed by atoms with van der Waals surface area (Å²) in [7, 11) is 0. The van der Waals surface area contributed by atoms with Gasteiger partial charge in [0, 0.05) is 6.07 Å². The molecule has 23 heavy (non-hydrogen) atoms. The van der Waals surface area contributed by atoms with Crippen molar-refractivity contribution in [1.29, 1.82) is 0 Å². The lowest BCUT2D eigenvalue weighted by molar-refractivity contribution is 0.281. The van der Waals surface area contributed by atoms with Crippen LogP contribution in [0.15, 0.2) is 78.9 Å². The van der Waals surface area contributed by atoms with E-state index in [0.717, 1.165) is 22.6 Å². The van der Waals surface area contributed by atoms with Gasteiger partial charge in [0.15, 0.2) is 0 Å². The summed E-state index contributed by atoms with van der Waals surface area (Å²) in [5, 5.41) is 9.05. The number of ether oxygens (including phenoxy) is 2. The summed E-state index contributed by atoms with van der Waals surface area (Å²) in [5.41, 5.74) is 1.98. The average molecular weight is 306 g/mol. The maximum Gasteiger partial charge on any atom is 0.131 e. The van der Waals surface area contributed by atoms with Gasteiger partial charge in [0.1, 0.15) is 23.9 Å². The molecule has 3 heteroatoms. The molecule has 0 amide bonds. The van der Waals surface area contributed by atoms with Gasteiger partial charge in [-0.15, -0.1) is 0 Å². The number of benzene rings is 3. The van der Waals surface area contributed by atoms with Crippen LogP contribution in [0.2, 0.25) is 0 Å². The van der Waals surface area contributed by atoms with Crippen LogP contribution < -0.4 is 9.47 Å². The fourth-order valence-electron chi connectivity index (χ4n) is 2.17. The third-order valence-corrected chi connectivity index (χ3v) is 3.40. The van der Waals surface area contributed by atoms with Crippen LogP contribution in [0.3, 0.4) is 0 Å². The molecule has 0 bridgehead atoms. The molecule has 3 nitrogen and oxygen atoms in total. The van der Waals surface area contributed by atoms with Gasteiger partial charge in [0.25, 0.3) is 0 Å². The van der Waals surface area contributed by atoms with Crippen molar-refractivity contribution in [2.45, 2.75) is 13.2 Å². The Balaban J connectivity index is 1.64. The highest BCUT2D eigenvalue weighted by Crippen LogP contribution is 2.26. The Morgan fingerprint density at radius 3 is 2.13 bits per heavy atom. The third kappa shape index (κ3) is 4.34. The minimum absolute atomic E-state index is 0.0308. The van der Waals surface area contributed by atoms with E-state index in [-0.39, 0.29) is 6.61 Å². The van der Waals surface area contributed by atoms with Crippen molar-refractivity contribution >= 4 is 0 Å². The van der Waals surface area contributed by atoms with Crippen molar-refractivity contribution < 1.29 is 14.6 Å². The summed E-state index contributed by atoms with van der Waals surface area (Å²) in [5.74, 6) is 2.20. The molecule has 0 heterocycles. The van der Waals surface area contributed by atoms with Crippen molar-refractivity contribution in [2.24, 2.45) is 0 Å². The van der Waals surface area contributed by atoms with Crippen molar-refractivity contribution in [3.8, 4) is 17.2 Å². The molecule has 0 aliphatic rings. The second kappa shape index (κ2) is 7.47. The molecule has 0 spiro atoms. The smallest absolute Gasteiger partial charge is 0.131 e. The monoisotopic (exact) mass is 306 g/mol. The number of hydrogen-bond acceptors (Lipinski definition) is 3. The Kier molecular flexibility index (Phi) is 4.92. The van der Waals surface area contributed by atoms with Crippen LogP contribution in [-0.4, -0.2) is 5.11 Å². The van der Waals surface area contributed by atoms with Crippen LogP contribution in [0.1, 0.15) is 11.1 Å². The van der Waals surface area contributed by atoms with E-state index < -0.39 is 0 Å². The van der Waals surface area contributed by atoms with Crippen LogP contribution in [0, 0.1) is 0 Å². The first kappa shape index (κ1) is 15.1. The maximum absolute atomic E-state index is 9.05. The van der Waals surface area contributed by atoms with Gasteiger partial charge < -0.3 is 14.6 Å². The molecule has 0 unspecified atom stereocenters. The number of aliphatic hydroxyl groups is 1. The van der Waals surface area contributed by atoms with Crippen molar-refractivity contribution in [3.63, 3.8) is 0 Å². The predicted molar refractivity (Wildman–Crippen MR) is 89.7 cm³/mol. The summed E-state index contributed by atoms with van der Waals surface area (Å²) in [6, 6.07) is 24.9. The number of aliphatic hydroxyl groups excluding tert-OH is 1. The standard InChI is InChI=1S/C20H18O3/c21-14-16-9-11-18(12-10-16)23-20-8-4-7-19(13-20)22-15-17-5-2-1-3-6-17/h1-13,21H,14-15H2. The summed E-state index contributed by atoms with van der Waals surface area (Å²) in [6.07, 6.45) is 0. The van der Waals surface area contributed by atoms with Gasteiger partial charge in [-0.25, -0.2) is 0 Å². The van der Waals surface area contributed by atoms with E-state index in [0.29, 0.717) is 12.4 Å². The van der Waals surface area contributed by atoms with E-state index in [4.69, 9.17) is 14.6 Å². The Morgan fingerprint density at radius 1 is 0.652 bits per heavy atom. The first-order valence-electron chi connectivity index (χ1n) is 7.48. The largest absolute Gasteiger partial charge is 0.489 e. The van der Waals surface area contributed by atoms with E-state index in [1.807, 2.05) is 78.9 Å². The lowest BCUT2D eigenvalue weighted by Crippen LogP contribution is -1.95. The van der Waals surface area contributed by atoms with Crippen LogP contribution in [0.25, 0.3) is 0 Å². The molecular weight excluding hydrogens is 288 g/mol. The fourth-order valence-corrected chi connectivity index (χ4v) is 2.17. The molecule has 0 radical (unpaired) electrons. The minimum atomic E-state index is 0.0308. The molecular formula is C20H18O3. The predicted octanol–water partition coefficient (Wildman–Crippen LogP) is 4.55. The molecule has 0 aromatic heterocycles. The zero-order valence-electron chi connectivity index (χ0n) is 12.7. The summed E-state index contributed by atoms with van der Waals surface area (Å²) < 4.78 is 11.6. The van der Waals surface area contributed by atoms with Crippen LogP contribution >= 0.6 is 0 Å². The molecule has 0 fully saturated rings. The van der Waals surface area contributed by atoms with Gasteiger partial charge in [-0.05, 0) is 35.4 Å². The van der Waals surface area contributed by atoms with E-state index in [1.165, 1.54) is 0 Å². The Morgan fingerprint density at radius 2 is 1.39 bits per heavy atom. The highest BCUT2D eigenvalue weighted by atomic mass is 16.5. The van der Waals surface area contributed by atoms with Crippen molar-refractivity contribution in [3.05, 3.63) is 90.0 Å². The summed E-state index contributed by atoms with van der Waals surface area (Å²) >= 11 is 0. The molecule has 0 saturated carbocycles. The fraction of sp³-hybridized carbons (Fsp3) is 0.100. The summed E-state index contributed by atoms with van der Waals surface area (Å²) in [4.78, 5) is 0. The third-order valence-electron chi connectivity index (χ3n) is 3.40. The molecule has 0 aliphatic heterocycles. The van der Waals surface area contributed by atoms with E-state index in [9.17, 15) is 0 Å². The molecule has 3 rings (SSSR count). The zero-order chi connectivity index (χ0) is 15.9. The van der Waals surface area contributed by atoms with Gasteiger partial charge in [-0.1, -0.05) is 48.5 Å². The molecule has 3 aromatic rings. The molecule has 1 N–H and O–H groups in total. The van der Waals surface area contributed by atoms with E-state index in [2.05, 4.69) is 0 Å². The highest BCUT2D eigenvalue weighted by Gasteiger charge is 2.01. The molecule has 116 valence electrons. The van der Waals surface area contributed by atoms with Gasteiger partial charge in [0.2, 0.25) is 0 Å². The second-order valence-electron chi connectivity index (χ2n) is 5.15. The Bertz CT molecular complexity index is 736. The average Bonchev–Trinajstić information content (AvgIpc) is 2.62. The van der Waals surface area contributed by atoms with Crippen molar-refractivity contribution in [2.75, 3.05) is 0 Å². The van der Waals surface area contributed by atoms with Gasteiger partial charge in [0.05, 0.1) is 6.61 Å². The first-order chi connectivity index (χ1) is 11.3. The van der Waals surface area contributed by atoms with Crippen LogP contribution in [-0.2, 0) is 13.2 Å². The van der Waals surface area contributed by atoms with E-state index >= 15 is 0 Å². The topological polar surface area (TPSA) is 38.7 Å². The molecule has 0 saturated heterocycles. The van der Waals surface area contributed by atoms with Gasteiger partial charge in [-0.2, -0.15) is 0 Å². The zero-order valence-corrected chi connectivity index (χ0v) is 12.7. The maximum atomic E-state index is 9.05. The molecule has 3 aromatic carbocycles. The van der Waals surface area contributed by atoms with Crippen molar-refractivity contribution in [1.82, 2.24) is 0 Å². The Labute approximate surface area is 135 Å². The SMILES string of the molecule is OCc1ccc(Oc2cccc(OCc3ccccc3)c2)cc1. The Hall–Kier alpha value is -2.78. The quantitative estimate of drug-likeness (QED) is 0.726. The molecule has 0 aliphatic carbocycles. The van der Waals surface area contributed by atoms with Crippen LogP contribution in [0.5, 0.6) is 17.2 Å². The van der Waals surface area contributed by atoms with E-state index in [1.54, 1.807) is 0 Å². The van der Waals surface area contributed by atoms with Gasteiger partial charge in [-0.3, -0.25) is 0 Å². The molecule has 0 atom stereocenters. The number of hydrogen-bond donors (Lipinski definition) is 1. The van der Waals surface area contributed by atoms with Gasteiger partial charge >= 0.3 is 0 Å². The lowest BCUT2D eigenvalue weighted by atomic mass is 10.2. The first-order valence-corrected chi connectivity index (χ1v) is 7.48. The second-order valence-corrected chi connectivity index (χ2v) is 5.15. The normalized spacial score (nSPS) is 10.3. The number of rotatable bonds is 6. The lowest BCUT2D eigenvalue weighted by Gasteiger charge is -2.10. The summed E-state index contributed by atoms with van der Waals surface area (Å²) in [6.45, 7) is 0.554. The van der Waals surface area contributed by atoms with Crippen LogP contribution in [0.4, 0.5) is 0 Å². The minimum Gasteiger partial charge on any atom is -0.489 e.